The molecule has 0 bridgehead atoms. The Hall–Kier alpha value is -1.40. The summed E-state index contributed by atoms with van der Waals surface area (Å²) in [4.78, 5) is 22.8. The fraction of sp³-hybridized carbons (Fsp3) is 0.333. The maximum Gasteiger partial charge on any atom is 0.337 e. The van der Waals surface area contributed by atoms with Crippen molar-refractivity contribution in [3.8, 4) is 0 Å². The van der Waals surface area contributed by atoms with Gasteiger partial charge in [-0.1, -0.05) is 13.0 Å². The number of carbonyl (C=O) groups is 2. The first kappa shape index (κ1) is 14.7. The Balaban J connectivity index is 2.90. The molecule has 0 fully saturated rings. The molecule has 1 amide bonds. The minimum Gasteiger partial charge on any atom is -0.478 e. The maximum absolute atomic E-state index is 11.7. The molecule has 0 spiro atoms. The normalized spacial score (nSPS) is 11.9. The molecule has 0 aliphatic carbocycles. The number of para-hydroxylation sites is 1. The number of carboxylic acid groups (broad SMARTS) is 1. The molecule has 1 unspecified atom stereocenters. The summed E-state index contributed by atoms with van der Waals surface area (Å²) in [6, 6.07) is 4.72. The lowest BCUT2D eigenvalue weighted by atomic mass is 10.1. The Morgan fingerprint density at radius 2 is 2.17 bits per heavy atom. The third-order valence-electron chi connectivity index (χ3n) is 2.44. The fourth-order valence-electron chi connectivity index (χ4n) is 1.42. The van der Waals surface area contributed by atoms with E-state index in [0.29, 0.717) is 11.0 Å². The van der Waals surface area contributed by atoms with Crippen LogP contribution in [-0.2, 0) is 4.79 Å². The van der Waals surface area contributed by atoms with Gasteiger partial charge in [0.1, 0.15) is 0 Å². The van der Waals surface area contributed by atoms with E-state index in [-0.39, 0.29) is 29.5 Å². The lowest BCUT2D eigenvalue weighted by Gasteiger charge is -2.12. The second kappa shape index (κ2) is 6.51. The largest absolute Gasteiger partial charge is 0.478 e. The van der Waals surface area contributed by atoms with Crippen LogP contribution in [0.25, 0.3) is 0 Å². The van der Waals surface area contributed by atoms with Gasteiger partial charge in [0.15, 0.2) is 0 Å². The standard InChI is InChI=1S/C12H15BrN2O3/c1-7(6-14)5-10(16)15-11-8(12(17)18)3-2-4-9(11)13/h2-4,7H,5-6,14H2,1H3,(H,15,16)(H,17,18). The number of carboxylic acids is 1. The van der Waals surface area contributed by atoms with E-state index >= 15 is 0 Å². The summed E-state index contributed by atoms with van der Waals surface area (Å²) in [7, 11) is 0. The minimum absolute atomic E-state index is 0.0538. The molecule has 0 radical (unpaired) electrons. The van der Waals surface area contributed by atoms with Crippen molar-refractivity contribution >= 4 is 33.5 Å². The van der Waals surface area contributed by atoms with E-state index in [1.807, 2.05) is 6.92 Å². The number of nitrogens with two attached hydrogens (primary N) is 1. The first-order valence-electron chi connectivity index (χ1n) is 5.47. The van der Waals surface area contributed by atoms with Gasteiger partial charge in [0.25, 0.3) is 0 Å². The van der Waals surface area contributed by atoms with Crippen LogP contribution in [0.4, 0.5) is 5.69 Å². The maximum atomic E-state index is 11.7. The molecule has 0 saturated heterocycles. The topological polar surface area (TPSA) is 92.4 Å². The van der Waals surface area contributed by atoms with Crippen LogP contribution in [0.5, 0.6) is 0 Å². The molecule has 1 aromatic carbocycles. The molecule has 98 valence electrons. The van der Waals surface area contributed by atoms with Gasteiger partial charge < -0.3 is 16.2 Å². The third-order valence-corrected chi connectivity index (χ3v) is 3.11. The van der Waals surface area contributed by atoms with Crippen molar-refractivity contribution in [3.63, 3.8) is 0 Å². The zero-order valence-corrected chi connectivity index (χ0v) is 11.5. The summed E-state index contributed by atoms with van der Waals surface area (Å²) >= 11 is 3.22. The first-order valence-corrected chi connectivity index (χ1v) is 6.26. The summed E-state index contributed by atoms with van der Waals surface area (Å²) in [5.41, 5.74) is 5.77. The number of rotatable bonds is 5. The Bertz CT molecular complexity index is 463. The van der Waals surface area contributed by atoms with Crippen molar-refractivity contribution in [3.05, 3.63) is 28.2 Å². The van der Waals surface area contributed by atoms with E-state index in [1.54, 1.807) is 12.1 Å². The van der Waals surface area contributed by atoms with Gasteiger partial charge >= 0.3 is 5.97 Å². The van der Waals surface area contributed by atoms with Crippen LogP contribution in [0.2, 0.25) is 0 Å². The summed E-state index contributed by atoms with van der Waals surface area (Å²) in [6.45, 7) is 2.27. The second-order valence-corrected chi connectivity index (χ2v) is 4.92. The highest BCUT2D eigenvalue weighted by Gasteiger charge is 2.16. The molecular weight excluding hydrogens is 300 g/mol. The van der Waals surface area contributed by atoms with Crippen LogP contribution in [0.1, 0.15) is 23.7 Å². The van der Waals surface area contributed by atoms with Gasteiger partial charge in [-0.3, -0.25) is 4.79 Å². The number of hydrogen-bond donors (Lipinski definition) is 3. The lowest BCUT2D eigenvalue weighted by Crippen LogP contribution is -2.21. The molecule has 0 heterocycles. The molecule has 4 N–H and O–H groups in total. The number of halogens is 1. The number of hydrogen-bond acceptors (Lipinski definition) is 3. The molecular formula is C12H15BrN2O3. The quantitative estimate of drug-likeness (QED) is 0.775. The average Bonchev–Trinajstić information content (AvgIpc) is 2.31. The Morgan fingerprint density at radius 1 is 1.50 bits per heavy atom. The number of carbonyl (C=O) groups excluding carboxylic acids is 1. The number of aromatic carboxylic acids is 1. The SMILES string of the molecule is CC(CN)CC(=O)Nc1c(Br)cccc1C(=O)O. The average molecular weight is 315 g/mol. The summed E-state index contributed by atoms with van der Waals surface area (Å²) < 4.78 is 0.538. The van der Waals surface area contributed by atoms with Crippen LogP contribution >= 0.6 is 15.9 Å². The fourth-order valence-corrected chi connectivity index (χ4v) is 1.88. The highest BCUT2D eigenvalue weighted by molar-refractivity contribution is 9.10. The number of nitrogens with one attached hydrogen (secondary N) is 1. The molecule has 0 saturated carbocycles. The molecule has 6 heteroatoms. The molecule has 0 aromatic heterocycles. The minimum atomic E-state index is -1.08. The molecule has 0 aliphatic heterocycles. The van der Waals surface area contributed by atoms with Crippen LogP contribution in [0.15, 0.2) is 22.7 Å². The van der Waals surface area contributed by atoms with Gasteiger partial charge in [0.2, 0.25) is 5.91 Å². The zero-order valence-electron chi connectivity index (χ0n) is 9.94. The molecule has 1 aromatic rings. The van der Waals surface area contributed by atoms with Gasteiger partial charge in [-0.05, 0) is 40.5 Å². The number of amides is 1. The molecule has 0 aliphatic rings. The van der Waals surface area contributed by atoms with Gasteiger partial charge in [0.05, 0.1) is 11.3 Å². The number of anilines is 1. The summed E-state index contributed by atoms with van der Waals surface area (Å²) in [5, 5.41) is 11.6. The Labute approximate surface area is 113 Å². The van der Waals surface area contributed by atoms with E-state index in [1.165, 1.54) is 6.07 Å². The Kier molecular flexibility index (Phi) is 5.30. The van der Waals surface area contributed by atoms with Gasteiger partial charge in [-0.25, -0.2) is 4.79 Å². The predicted molar refractivity (Wildman–Crippen MR) is 72.6 cm³/mol. The smallest absolute Gasteiger partial charge is 0.337 e. The van der Waals surface area contributed by atoms with Gasteiger partial charge in [-0.2, -0.15) is 0 Å². The van der Waals surface area contributed by atoms with Crippen molar-refractivity contribution in [1.29, 1.82) is 0 Å². The predicted octanol–water partition coefficient (Wildman–Crippen LogP) is 2.07. The van der Waals surface area contributed by atoms with Gasteiger partial charge in [0, 0.05) is 10.9 Å². The number of benzene rings is 1. The van der Waals surface area contributed by atoms with Crippen molar-refractivity contribution < 1.29 is 14.7 Å². The second-order valence-electron chi connectivity index (χ2n) is 4.06. The van der Waals surface area contributed by atoms with Crippen LogP contribution in [0.3, 0.4) is 0 Å². The molecule has 18 heavy (non-hydrogen) atoms. The third kappa shape index (κ3) is 3.82. The van der Waals surface area contributed by atoms with Crippen LogP contribution < -0.4 is 11.1 Å². The molecule has 1 atom stereocenters. The van der Waals surface area contributed by atoms with Gasteiger partial charge in [-0.15, -0.1) is 0 Å². The van der Waals surface area contributed by atoms with Crippen molar-refractivity contribution in [2.24, 2.45) is 11.7 Å². The van der Waals surface area contributed by atoms with Crippen molar-refractivity contribution in [1.82, 2.24) is 0 Å². The monoisotopic (exact) mass is 314 g/mol. The van der Waals surface area contributed by atoms with E-state index in [0.717, 1.165) is 0 Å². The summed E-state index contributed by atoms with van der Waals surface area (Å²) in [5.74, 6) is -1.28. The first-order chi connectivity index (χ1) is 8.45. The summed E-state index contributed by atoms with van der Waals surface area (Å²) in [6.07, 6.45) is 0.261. The Morgan fingerprint density at radius 3 is 2.72 bits per heavy atom. The van der Waals surface area contributed by atoms with Crippen molar-refractivity contribution in [2.75, 3.05) is 11.9 Å². The van der Waals surface area contributed by atoms with E-state index in [9.17, 15) is 9.59 Å². The van der Waals surface area contributed by atoms with E-state index in [2.05, 4.69) is 21.2 Å². The van der Waals surface area contributed by atoms with Crippen LogP contribution in [0, 0.1) is 5.92 Å². The van der Waals surface area contributed by atoms with E-state index in [4.69, 9.17) is 10.8 Å². The molecule has 5 nitrogen and oxygen atoms in total. The lowest BCUT2D eigenvalue weighted by molar-refractivity contribution is -0.116. The van der Waals surface area contributed by atoms with Crippen LogP contribution in [-0.4, -0.2) is 23.5 Å². The highest BCUT2D eigenvalue weighted by atomic mass is 79.9. The highest BCUT2D eigenvalue weighted by Crippen LogP contribution is 2.26. The molecule has 1 rings (SSSR count). The van der Waals surface area contributed by atoms with Crippen molar-refractivity contribution in [2.45, 2.75) is 13.3 Å². The van der Waals surface area contributed by atoms with E-state index < -0.39 is 5.97 Å². The zero-order chi connectivity index (χ0) is 13.7.